The number of piperidine rings is 1. The first kappa shape index (κ1) is 13.8. The molecule has 1 aromatic heterocycles. The Labute approximate surface area is 107 Å². The lowest BCUT2D eigenvalue weighted by Crippen LogP contribution is -2.45. The molecule has 2 unspecified atom stereocenters. The summed E-state index contributed by atoms with van der Waals surface area (Å²) in [5, 5.41) is 9.60. The summed E-state index contributed by atoms with van der Waals surface area (Å²) >= 11 is 0.544. The van der Waals surface area contributed by atoms with Crippen LogP contribution in [0.5, 0.6) is 0 Å². The van der Waals surface area contributed by atoms with Gasteiger partial charge in [0.2, 0.25) is 0 Å². The molecule has 1 N–H and O–H groups in total. The van der Waals surface area contributed by atoms with Crippen LogP contribution in [-0.2, 0) is 11.8 Å². The van der Waals surface area contributed by atoms with Gasteiger partial charge in [-0.15, -0.1) is 11.3 Å². The molecular formula is C11H15F3N2OS. The van der Waals surface area contributed by atoms with E-state index in [0.717, 1.165) is 6.20 Å². The molecule has 1 aliphatic rings. The molecule has 0 aromatic carbocycles. The molecule has 1 aliphatic heterocycles. The van der Waals surface area contributed by atoms with Crippen LogP contribution in [0.4, 0.5) is 13.2 Å². The van der Waals surface area contributed by atoms with Crippen LogP contribution in [-0.4, -0.2) is 34.6 Å². The number of rotatable bonds is 1. The summed E-state index contributed by atoms with van der Waals surface area (Å²) in [6.07, 6.45) is -2.40. The molecule has 0 aliphatic carbocycles. The van der Waals surface area contributed by atoms with Crippen LogP contribution in [0.1, 0.15) is 29.7 Å². The second-order valence-corrected chi connectivity index (χ2v) is 5.87. The van der Waals surface area contributed by atoms with E-state index in [0.29, 0.717) is 35.6 Å². The Morgan fingerprint density at radius 1 is 1.56 bits per heavy atom. The molecule has 1 fully saturated rings. The fraction of sp³-hybridized carbons (Fsp3) is 0.727. The minimum absolute atomic E-state index is 0.139. The van der Waals surface area contributed by atoms with Gasteiger partial charge in [0.25, 0.3) is 0 Å². The van der Waals surface area contributed by atoms with Crippen molar-refractivity contribution >= 4 is 11.3 Å². The molecule has 0 radical (unpaired) electrons. The Hall–Kier alpha value is -0.660. The minimum atomic E-state index is -4.43. The van der Waals surface area contributed by atoms with Gasteiger partial charge >= 0.3 is 6.18 Å². The Morgan fingerprint density at radius 2 is 2.22 bits per heavy atom. The average molecular weight is 280 g/mol. The number of hydrogen-bond donors (Lipinski definition) is 1. The highest BCUT2D eigenvalue weighted by atomic mass is 32.1. The smallest absolute Gasteiger partial charge is 0.384 e. The molecule has 1 saturated heterocycles. The third-order valence-electron chi connectivity index (χ3n) is 3.47. The van der Waals surface area contributed by atoms with Gasteiger partial charge in [-0.3, -0.25) is 0 Å². The quantitative estimate of drug-likeness (QED) is 0.858. The maximum Gasteiger partial charge on any atom is 0.443 e. The van der Waals surface area contributed by atoms with Gasteiger partial charge in [-0.25, -0.2) is 4.98 Å². The molecule has 2 heterocycles. The molecule has 1 aromatic rings. The topological polar surface area (TPSA) is 36.4 Å². The average Bonchev–Trinajstić information content (AvgIpc) is 2.73. The largest absolute Gasteiger partial charge is 0.443 e. The van der Waals surface area contributed by atoms with Gasteiger partial charge in [-0.1, -0.05) is 0 Å². The van der Waals surface area contributed by atoms with Gasteiger partial charge in [0.15, 0.2) is 5.01 Å². The second kappa shape index (κ2) is 4.47. The van der Waals surface area contributed by atoms with Crippen molar-refractivity contribution < 1.29 is 18.3 Å². The van der Waals surface area contributed by atoms with Crippen molar-refractivity contribution in [3.63, 3.8) is 0 Å². The van der Waals surface area contributed by atoms with Crippen molar-refractivity contribution in [2.45, 2.75) is 37.6 Å². The van der Waals surface area contributed by atoms with E-state index in [4.69, 9.17) is 0 Å². The highest BCUT2D eigenvalue weighted by molar-refractivity contribution is 7.11. The summed E-state index contributed by atoms with van der Waals surface area (Å²) < 4.78 is 37.5. The van der Waals surface area contributed by atoms with Gasteiger partial charge in [-0.2, -0.15) is 13.2 Å². The van der Waals surface area contributed by atoms with Gasteiger partial charge in [0, 0.05) is 18.8 Å². The van der Waals surface area contributed by atoms with E-state index in [-0.39, 0.29) is 6.04 Å². The van der Waals surface area contributed by atoms with Crippen LogP contribution in [0.15, 0.2) is 6.20 Å². The Morgan fingerprint density at radius 3 is 2.72 bits per heavy atom. The van der Waals surface area contributed by atoms with Crippen LogP contribution >= 0.6 is 11.3 Å². The van der Waals surface area contributed by atoms with E-state index in [1.54, 1.807) is 0 Å². The van der Waals surface area contributed by atoms with E-state index in [1.165, 1.54) is 0 Å². The molecule has 0 saturated carbocycles. The maximum absolute atomic E-state index is 12.5. The van der Waals surface area contributed by atoms with Gasteiger partial charge in [0.05, 0.1) is 4.88 Å². The molecule has 0 spiro atoms. The highest BCUT2D eigenvalue weighted by Crippen LogP contribution is 2.41. The van der Waals surface area contributed by atoms with Gasteiger partial charge in [-0.05, 0) is 26.8 Å². The lowest BCUT2D eigenvalue weighted by atomic mass is 9.86. The monoisotopic (exact) mass is 280 g/mol. The van der Waals surface area contributed by atoms with Crippen LogP contribution in [0.3, 0.4) is 0 Å². The molecule has 0 amide bonds. The molecular weight excluding hydrogens is 265 g/mol. The Kier molecular flexibility index (Phi) is 3.42. The predicted octanol–water partition coefficient (Wildman–Crippen LogP) is 2.46. The number of thiazole rings is 1. The summed E-state index contributed by atoms with van der Waals surface area (Å²) in [5.41, 5.74) is -1.17. The summed E-state index contributed by atoms with van der Waals surface area (Å²) in [5.74, 6) is 0. The Bertz CT molecular complexity index is 434. The number of aromatic nitrogens is 1. The summed E-state index contributed by atoms with van der Waals surface area (Å²) in [6.45, 7) is 2.62. The first-order valence-electron chi connectivity index (χ1n) is 5.68. The molecule has 18 heavy (non-hydrogen) atoms. The first-order chi connectivity index (χ1) is 8.22. The standard InChI is InChI=1S/C11H15F3N2OS/c1-7-5-10(17,3-4-16(7)2)8-6-15-9(18-8)11(12,13)14/h6-7,17H,3-5H2,1-2H3. The summed E-state index contributed by atoms with van der Waals surface area (Å²) in [7, 11) is 1.94. The normalized spacial score (nSPS) is 30.7. The molecule has 2 atom stereocenters. The fourth-order valence-electron chi connectivity index (χ4n) is 2.17. The van der Waals surface area contributed by atoms with E-state index >= 15 is 0 Å². The number of hydrogen-bond acceptors (Lipinski definition) is 4. The molecule has 102 valence electrons. The number of alkyl halides is 3. The zero-order chi connectivity index (χ0) is 13.6. The van der Waals surface area contributed by atoms with Crippen molar-refractivity contribution in [3.05, 3.63) is 16.1 Å². The predicted molar refractivity (Wildman–Crippen MR) is 62.3 cm³/mol. The van der Waals surface area contributed by atoms with Crippen molar-refractivity contribution in [2.75, 3.05) is 13.6 Å². The van der Waals surface area contributed by atoms with E-state index < -0.39 is 16.8 Å². The lowest BCUT2D eigenvalue weighted by molar-refractivity contribution is -0.137. The van der Waals surface area contributed by atoms with Crippen LogP contribution in [0.2, 0.25) is 0 Å². The molecule has 7 heteroatoms. The minimum Gasteiger partial charge on any atom is -0.384 e. The lowest BCUT2D eigenvalue weighted by Gasteiger charge is -2.40. The molecule has 2 rings (SSSR count). The second-order valence-electron chi connectivity index (χ2n) is 4.84. The van der Waals surface area contributed by atoms with Crippen molar-refractivity contribution in [2.24, 2.45) is 0 Å². The maximum atomic E-state index is 12.5. The number of nitrogens with zero attached hydrogens (tertiary/aromatic N) is 2. The fourth-order valence-corrected chi connectivity index (χ4v) is 3.08. The third kappa shape index (κ3) is 2.53. The third-order valence-corrected chi connectivity index (χ3v) is 4.71. The Balaban J connectivity index is 2.23. The SMILES string of the molecule is CC1CC(O)(c2cnc(C(F)(F)F)s2)CCN1C. The van der Waals surface area contributed by atoms with Crippen molar-refractivity contribution in [1.82, 2.24) is 9.88 Å². The number of likely N-dealkylation sites (tertiary alicyclic amines) is 1. The van der Waals surface area contributed by atoms with Crippen LogP contribution in [0, 0.1) is 0 Å². The number of aliphatic hydroxyl groups is 1. The van der Waals surface area contributed by atoms with Crippen LogP contribution < -0.4 is 0 Å². The van der Waals surface area contributed by atoms with E-state index in [2.05, 4.69) is 9.88 Å². The van der Waals surface area contributed by atoms with Gasteiger partial charge in [0.1, 0.15) is 5.60 Å². The summed E-state index contributed by atoms with van der Waals surface area (Å²) in [4.78, 5) is 5.77. The van der Waals surface area contributed by atoms with Gasteiger partial charge < -0.3 is 10.0 Å². The van der Waals surface area contributed by atoms with Crippen molar-refractivity contribution in [1.29, 1.82) is 0 Å². The molecule has 3 nitrogen and oxygen atoms in total. The zero-order valence-electron chi connectivity index (χ0n) is 10.2. The first-order valence-corrected chi connectivity index (χ1v) is 6.50. The highest BCUT2D eigenvalue weighted by Gasteiger charge is 2.41. The van der Waals surface area contributed by atoms with E-state index in [9.17, 15) is 18.3 Å². The zero-order valence-corrected chi connectivity index (χ0v) is 11.0. The number of halogens is 3. The van der Waals surface area contributed by atoms with Crippen LogP contribution in [0.25, 0.3) is 0 Å². The summed E-state index contributed by atoms with van der Waals surface area (Å²) in [6, 6.07) is 0.139. The van der Waals surface area contributed by atoms with E-state index in [1.807, 2.05) is 14.0 Å². The molecule has 0 bridgehead atoms. The van der Waals surface area contributed by atoms with Crippen molar-refractivity contribution in [3.8, 4) is 0 Å².